The third kappa shape index (κ3) is 5.03. The first-order valence-electron chi connectivity index (χ1n) is 4.66. The number of carbonyl (C=O) groups is 2. The van der Waals surface area contributed by atoms with E-state index in [9.17, 15) is 9.59 Å². The first-order chi connectivity index (χ1) is 7.58. The van der Waals surface area contributed by atoms with Crippen LogP contribution in [0.3, 0.4) is 0 Å². The third-order valence-corrected chi connectivity index (χ3v) is 1.70. The second kappa shape index (κ2) is 6.38. The van der Waals surface area contributed by atoms with Gasteiger partial charge in [-0.2, -0.15) is 9.78 Å². The van der Waals surface area contributed by atoms with Gasteiger partial charge in [0.25, 0.3) is 0 Å². The fraction of sp³-hybridized carbons (Fsp3) is 0.750. The van der Waals surface area contributed by atoms with Gasteiger partial charge in [0, 0.05) is 12.8 Å². The lowest BCUT2D eigenvalue weighted by Crippen LogP contribution is -2.22. The summed E-state index contributed by atoms with van der Waals surface area (Å²) in [5.74, 6) is -1.54. The van der Waals surface area contributed by atoms with Gasteiger partial charge in [0.15, 0.2) is 0 Å². The molecule has 1 saturated heterocycles. The smallest absolute Gasteiger partial charge is 0.342 e. The Morgan fingerprint density at radius 1 is 0.875 bits per heavy atom. The van der Waals surface area contributed by atoms with Crippen molar-refractivity contribution in [3.8, 4) is 0 Å². The van der Waals surface area contributed by atoms with Crippen LogP contribution in [0.15, 0.2) is 0 Å². The fourth-order valence-corrected chi connectivity index (χ4v) is 0.881. The number of carbonyl (C=O) groups excluding carboxylic acids is 2. The van der Waals surface area contributed by atoms with E-state index in [4.69, 9.17) is 10.2 Å². The molecule has 0 aromatic heterocycles. The molecule has 0 bridgehead atoms. The average Bonchev–Trinajstić information content (AvgIpc) is 2.27. The largest absolute Gasteiger partial charge is 0.365 e. The molecule has 1 heterocycles. The molecule has 1 aliphatic heterocycles. The predicted molar refractivity (Wildman–Crippen MR) is 44.8 cm³/mol. The maximum Gasteiger partial charge on any atom is 0.342 e. The van der Waals surface area contributed by atoms with E-state index in [1.807, 2.05) is 0 Å². The lowest BCUT2D eigenvalue weighted by molar-refractivity contribution is -0.357. The number of aliphatic hydroxyl groups excluding tert-OH is 2. The SMILES string of the molecule is O=C1CCC(O)OOC(=O)CCC(O)OO1. The zero-order valence-corrected chi connectivity index (χ0v) is 8.33. The molecular weight excluding hydrogens is 224 g/mol. The van der Waals surface area contributed by atoms with Crippen LogP contribution in [-0.2, 0) is 29.1 Å². The van der Waals surface area contributed by atoms with Crippen molar-refractivity contribution in [1.29, 1.82) is 0 Å². The molecule has 0 saturated carbocycles. The standard InChI is InChI=1S/C8H12O8/c9-5-1-2-6(10)14-16-8(12)4-3-7(11)15-13-5/h5,8-9,12H,1-4H2. The topological polar surface area (TPSA) is 112 Å². The molecule has 2 atom stereocenters. The highest BCUT2D eigenvalue weighted by Crippen LogP contribution is 2.08. The highest BCUT2D eigenvalue weighted by Gasteiger charge is 2.18. The van der Waals surface area contributed by atoms with Crippen molar-refractivity contribution < 1.29 is 39.4 Å². The van der Waals surface area contributed by atoms with Crippen LogP contribution < -0.4 is 0 Å². The Balaban J connectivity index is 2.45. The second-order valence-electron chi connectivity index (χ2n) is 3.09. The molecule has 1 fully saturated rings. The highest BCUT2D eigenvalue weighted by atomic mass is 17.2. The van der Waals surface area contributed by atoms with E-state index in [0.29, 0.717) is 0 Å². The van der Waals surface area contributed by atoms with Gasteiger partial charge >= 0.3 is 11.9 Å². The van der Waals surface area contributed by atoms with Crippen molar-refractivity contribution in [1.82, 2.24) is 0 Å². The molecule has 0 radical (unpaired) electrons. The molecule has 0 spiro atoms. The molecule has 0 aromatic carbocycles. The minimum atomic E-state index is -1.40. The van der Waals surface area contributed by atoms with Crippen LogP contribution in [0, 0.1) is 0 Å². The molecule has 16 heavy (non-hydrogen) atoms. The Morgan fingerprint density at radius 2 is 1.25 bits per heavy atom. The maximum absolute atomic E-state index is 10.9. The summed E-state index contributed by atoms with van der Waals surface area (Å²) in [5.41, 5.74) is 0. The van der Waals surface area contributed by atoms with Crippen LogP contribution in [-0.4, -0.2) is 34.7 Å². The van der Waals surface area contributed by atoms with Gasteiger partial charge in [-0.15, -0.1) is 0 Å². The molecule has 8 heteroatoms. The molecular formula is C8H12O8. The quantitative estimate of drug-likeness (QED) is 0.523. The monoisotopic (exact) mass is 236 g/mol. The lowest BCUT2D eigenvalue weighted by Gasteiger charge is -2.13. The normalized spacial score (nSPS) is 29.6. The molecule has 0 aromatic rings. The van der Waals surface area contributed by atoms with Crippen molar-refractivity contribution in [2.24, 2.45) is 0 Å². The van der Waals surface area contributed by atoms with Gasteiger partial charge in [0.2, 0.25) is 12.6 Å². The van der Waals surface area contributed by atoms with E-state index in [1.165, 1.54) is 0 Å². The highest BCUT2D eigenvalue weighted by molar-refractivity contribution is 5.69. The van der Waals surface area contributed by atoms with E-state index in [1.54, 1.807) is 0 Å². The summed E-state index contributed by atoms with van der Waals surface area (Å²) in [7, 11) is 0. The van der Waals surface area contributed by atoms with Crippen molar-refractivity contribution in [2.75, 3.05) is 0 Å². The minimum Gasteiger partial charge on any atom is -0.365 e. The van der Waals surface area contributed by atoms with Crippen LogP contribution in [0.4, 0.5) is 0 Å². The van der Waals surface area contributed by atoms with Gasteiger partial charge in [-0.3, -0.25) is 9.78 Å². The Kier molecular flexibility index (Phi) is 5.12. The summed E-state index contributed by atoms with van der Waals surface area (Å²) in [6, 6.07) is 0. The van der Waals surface area contributed by atoms with Gasteiger partial charge in [-0.25, -0.2) is 9.59 Å². The van der Waals surface area contributed by atoms with E-state index in [0.717, 1.165) is 0 Å². The van der Waals surface area contributed by atoms with Crippen LogP contribution in [0.5, 0.6) is 0 Å². The van der Waals surface area contributed by atoms with Gasteiger partial charge in [-0.05, 0) is 0 Å². The Morgan fingerprint density at radius 3 is 1.62 bits per heavy atom. The van der Waals surface area contributed by atoms with Gasteiger partial charge in [-0.1, -0.05) is 0 Å². The molecule has 8 nitrogen and oxygen atoms in total. The molecule has 1 aliphatic rings. The molecule has 92 valence electrons. The van der Waals surface area contributed by atoms with E-state index >= 15 is 0 Å². The van der Waals surface area contributed by atoms with Crippen LogP contribution in [0.2, 0.25) is 0 Å². The lowest BCUT2D eigenvalue weighted by atomic mass is 10.3. The van der Waals surface area contributed by atoms with Crippen molar-refractivity contribution in [2.45, 2.75) is 38.3 Å². The summed E-state index contributed by atoms with van der Waals surface area (Å²) in [6.45, 7) is 0. The molecule has 2 unspecified atom stereocenters. The maximum atomic E-state index is 10.9. The molecule has 2 N–H and O–H groups in total. The van der Waals surface area contributed by atoms with Crippen molar-refractivity contribution in [3.63, 3.8) is 0 Å². The Bertz CT molecular complexity index is 206. The minimum absolute atomic E-state index is 0.119. The fourth-order valence-electron chi connectivity index (χ4n) is 0.881. The Hall–Kier alpha value is -1.22. The zero-order chi connectivity index (χ0) is 12.0. The van der Waals surface area contributed by atoms with Crippen LogP contribution in [0.1, 0.15) is 25.7 Å². The van der Waals surface area contributed by atoms with Crippen molar-refractivity contribution in [3.05, 3.63) is 0 Å². The summed E-state index contributed by atoms with van der Waals surface area (Å²) in [5, 5.41) is 18.2. The third-order valence-electron chi connectivity index (χ3n) is 1.70. The number of aliphatic hydroxyl groups is 2. The molecule has 0 amide bonds. The number of hydrogen-bond donors (Lipinski definition) is 2. The molecule has 0 aliphatic carbocycles. The van der Waals surface area contributed by atoms with Gasteiger partial charge in [0.05, 0.1) is 12.8 Å². The van der Waals surface area contributed by atoms with E-state index in [-0.39, 0.29) is 25.7 Å². The average molecular weight is 236 g/mol. The van der Waals surface area contributed by atoms with Crippen LogP contribution in [0.25, 0.3) is 0 Å². The van der Waals surface area contributed by atoms with E-state index in [2.05, 4.69) is 19.6 Å². The second-order valence-corrected chi connectivity index (χ2v) is 3.09. The first kappa shape index (κ1) is 12.8. The molecule has 1 rings (SSSR count). The van der Waals surface area contributed by atoms with Crippen LogP contribution >= 0.6 is 0 Å². The predicted octanol–water partition coefficient (Wildman–Crippen LogP) is -0.853. The summed E-state index contributed by atoms with van der Waals surface area (Å²) in [4.78, 5) is 38.8. The Labute approximate surface area is 90.5 Å². The van der Waals surface area contributed by atoms with Gasteiger partial charge in [0.1, 0.15) is 0 Å². The summed E-state index contributed by atoms with van der Waals surface area (Å²) in [6.07, 6.45) is -3.45. The zero-order valence-electron chi connectivity index (χ0n) is 8.33. The summed E-state index contributed by atoms with van der Waals surface area (Å²) >= 11 is 0. The number of rotatable bonds is 0. The van der Waals surface area contributed by atoms with Gasteiger partial charge < -0.3 is 10.2 Å². The summed E-state index contributed by atoms with van der Waals surface area (Å²) < 4.78 is 0. The van der Waals surface area contributed by atoms with Crippen molar-refractivity contribution >= 4 is 11.9 Å². The first-order valence-corrected chi connectivity index (χ1v) is 4.66. The van der Waals surface area contributed by atoms with E-state index < -0.39 is 24.5 Å². The number of hydrogen-bond acceptors (Lipinski definition) is 8.